The van der Waals surface area contributed by atoms with Crippen molar-refractivity contribution < 1.29 is 4.79 Å². The molecule has 0 spiro atoms. The Hall–Kier alpha value is -1.66. The van der Waals surface area contributed by atoms with Crippen LogP contribution in [0.25, 0.3) is 0 Å². The summed E-state index contributed by atoms with van der Waals surface area (Å²) in [6.07, 6.45) is 5.96. The molecule has 0 unspecified atom stereocenters. The Kier molecular flexibility index (Phi) is 6.04. The first-order valence-electron chi connectivity index (χ1n) is 9.07. The maximum absolute atomic E-state index is 12.2. The molecule has 1 aromatic heterocycles. The van der Waals surface area contributed by atoms with E-state index in [0.29, 0.717) is 6.04 Å². The molecule has 2 saturated heterocycles. The molecule has 3 rings (SSSR count). The number of hydrogen-bond donors (Lipinski definition) is 2. The number of amides is 2. The minimum absolute atomic E-state index is 0.00716. The van der Waals surface area contributed by atoms with E-state index in [1.165, 1.54) is 0 Å². The number of pyridine rings is 1. The van der Waals surface area contributed by atoms with E-state index in [0.717, 1.165) is 64.1 Å². The number of hydrogen-bond acceptors (Lipinski definition) is 4. The van der Waals surface area contributed by atoms with Gasteiger partial charge in [0.2, 0.25) is 0 Å². The van der Waals surface area contributed by atoms with Crippen molar-refractivity contribution in [2.24, 2.45) is 0 Å². The second-order valence-corrected chi connectivity index (χ2v) is 7.07. The molecule has 2 aliphatic heterocycles. The molecular formula is C18H29N5O. The second kappa shape index (κ2) is 8.44. The van der Waals surface area contributed by atoms with E-state index in [4.69, 9.17) is 0 Å². The first kappa shape index (κ1) is 17.2. The van der Waals surface area contributed by atoms with Gasteiger partial charge >= 0.3 is 6.03 Å². The van der Waals surface area contributed by atoms with Crippen LogP contribution in [0.1, 0.15) is 31.4 Å². The Morgan fingerprint density at radius 2 is 1.71 bits per heavy atom. The summed E-state index contributed by atoms with van der Waals surface area (Å²) in [7, 11) is 2.13. The normalized spacial score (nSPS) is 21.5. The highest BCUT2D eigenvalue weighted by atomic mass is 16.2. The van der Waals surface area contributed by atoms with Gasteiger partial charge in [-0.15, -0.1) is 0 Å². The monoisotopic (exact) mass is 331 g/mol. The molecule has 132 valence electrons. The van der Waals surface area contributed by atoms with Crippen LogP contribution in [-0.4, -0.2) is 66.1 Å². The molecule has 2 fully saturated rings. The maximum Gasteiger partial charge on any atom is 0.315 e. The molecule has 3 heterocycles. The topological polar surface area (TPSA) is 60.5 Å². The predicted molar refractivity (Wildman–Crippen MR) is 94.7 cm³/mol. The number of nitrogens with one attached hydrogen (secondary N) is 2. The van der Waals surface area contributed by atoms with Crippen LogP contribution in [0.4, 0.5) is 4.79 Å². The zero-order chi connectivity index (χ0) is 16.8. The van der Waals surface area contributed by atoms with Gasteiger partial charge in [-0.2, -0.15) is 0 Å². The number of nitrogens with zero attached hydrogens (tertiary/aromatic N) is 3. The van der Waals surface area contributed by atoms with E-state index in [1.54, 1.807) is 0 Å². The van der Waals surface area contributed by atoms with Crippen molar-refractivity contribution in [2.45, 2.75) is 44.3 Å². The highest BCUT2D eigenvalue weighted by Crippen LogP contribution is 2.13. The Labute approximate surface area is 144 Å². The summed E-state index contributed by atoms with van der Waals surface area (Å²) in [5.74, 6) is 0. The Balaban J connectivity index is 1.35. The fraction of sp³-hybridized carbons (Fsp3) is 0.667. The Morgan fingerprint density at radius 1 is 1.08 bits per heavy atom. The molecule has 2 aliphatic rings. The number of urea groups is 1. The molecule has 24 heavy (non-hydrogen) atoms. The number of piperidine rings is 2. The van der Waals surface area contributed by atoms with Crippen molar-refractivity contribution in [3.63, 3.8) is 0 Å². The largest absolute Gasteiger partial charge is 0.335 e. The summed E-state index contributed by atoms with van der Waals surface area (Å²) < 4.78 is 0. The number of likely N-dealkylation sites (tertiary alicyclic amines) is 2. The van der Waals surface area contributed by atoms with Gasteiger partial charge in [0, 0.05) is 37.9 Å². The third-order valence-corrected chi connectivity index (χ3v) is 5.09. The Bertz CT molecular complexity index is 507. The van der Waals surface area contributed by atoms with Crippen molar-refractivity contribution in [3.05, 3.63) is 30.1 Å². The minimum atomic E-state index is 0.00716. The molecule has 0 aliphatic carbocycles. The van der Waals surface area contributed by atoms with Crippen LogP contribution in [0.5, 0.6) is 0 Å². The highest BCUT2D eigenvalue weighted by molar-refractivity contribution is 5.74. The van der Waals surface area contributed by atoms with E-state index in [9.17, 15) is 4.79 Å². The first-order valence-corrected chi connectivity index (χ1v) is 9.07. The van der Waals surface area contributed by atoms with Crippen LogP contribution in [0.3, 0.4) is 0 Å². The van der Waals surface area contributed by atoms with E-state index >= 15 is 0 Å². The van der Waals surface area contributed by atoms with Crippen LogP contribution in [0, 0.1) is 0 Å². The molecular weight excluding hydrogens is 302 g/mol. The molecule has 0 saturated carbocycles. The molecule has 2 N–H and O–H groups in total. The summed E-state index contributed by atoms with van der Waals surface area (Å²) in [6.45, 7) is 5.05. The van der Waals surface area contributed by atoms with Crippen molar-refractivity contribution in [1.29, 1.82) is 0 Å². The first-order chi connectivity index (χ1) is 11.7. The van der Waals surface area contributed by atoms with Crippen LogP contribution in [-0.2, 0) is 6.54 Å². The van der Waals surface area contributed by atoms with E-state index in [2.05, 4.69) is 38.5 Å². The highest BCUT2D eigenvalue weighted by Gasteiger charge is 2.23. The van der Waals surface area contributed by atoms with Gasteiger partial charge in [0.25, 0.3) is 0 Å². The third-order valence-electron chi connectivity index (χ3n) is 5.09. The predicted octanol–water partition coefficient (Wildman–Crippen LogP) is 1.44. The number of rotatable bonds is 4. The average Bonchev–Trinajstić information content (AvgIpc) is 2.60. The van der Waals surface area contributed by atoms with Gasteiger partial charge in [0.15, 0.2) is 0 Å². The van der Waals surface area contributed by atoms with Gasteiger partial charge in [-0.25, -0.2) is 4.79 Å². The van der Waals surface area contributed by atoms with Gasteiger partial charge < -0.3 is 15.5 Å². The van der Waals surface area contributed by atoms with Crippen molar-refractivity contribution in [2.75, 3.05) is 33.2 Å². The molecule has 0 atom stereocenters. The molecule has 6 heteroatoms. The van der Waals surface area contributed by atoms with Crippen molar-refractivity contribution >= 4 is 6.03 Å². The van der Waals surface area contributed by atoms with Gasteiger partial charge in [0.05, 0.1) is 5.69 Å². The molecule has 2 amide bonds. The number of carbonyl (C=O) groups is 1. The lowest BCUT2D eigenvalue weighted by atomic mass is 10.0. The van der Waals surface area contributed by atoms with Crippen LogP contribution in [0.2, 0.25) is 0 Å². The maximum atomic E-state index is 12.2. The van der Waals surface area contributed by atoms with Gasteiger partial charge in [-0.1, -0.05) is 6.07 Å². The molecule has 0 radical (unpaired) electrons. The fourth-order valence-corrected chi connectivity index (χ4v) is 3.52. The zero-order valence-electron chi connectivity index (χ0n) is 14.6. The molecule has 0 aromatic carbocycles. The molecule has 6 nitrogen and oxygen atoms in total. The van der Waals surface area contributed by atoms with Crippen molar-refractivity contribution in [1.82, 2.24) is 25.4 Å². The van der Waals surface area contributed by atoms with Gasteiger partial charge in [0.1, 0.15) is 0 Å². The third kappa shape index (κ3) is 5.18. The van der Waals surface area contributed by atoms with E-state index in [1.807, 2.05) is 18.3 Å². The standard InChI is InChI=1S/C18H29N5O/c1-22-10-5-15(6-11-22)20-18(24)21-16-7-12-23(13-8-16)14-17-4-2-3-9-19-17/h2-4,9,15-16H,5-8,10-14H2,1H3,(H2,20,21,24). The average molecular weight is 331 g/mol. The van der Waals surface area contributed by atoms with Crippen LogP contribution in [0.15, 0.2) is 24.4 Å². The summed E-state index contributed by atoms with van der Waals surface area (Å²) in [4.78, 5) is 21.3. The Morgan fingerprint density at radius 3 is 2.29 bits per heavy atom. The van der Waals surface area contributed by atoms with Crippen LogP contribution < -0.4 is 10.6 Å². The van der Waals surface area contributed by atoms with Gasteiger partial charge in [-0.3, -0.25) is 9.88 Å². The number of aromatic nitrogens is 1. The SMILES string of the molecule is CN1CCC(NC(=O)NC2CCN(Cc3ccccn3)CC2)CC1. The summed E-state index contributed by atoms with van der Waals surface area (Å²) in [5, 5.41) is 6.29. The quantitative estimate of drug-likeness (QED) is 0.876. The van der Waals surface area contributed by atoms with Crippen molar-refractivity contribution in [3.8, 4) is 0 Å². The fourth-order valence-electron chi connectivity index (χ4n) is 3.52. The van der Waals surface area contributed by atoms with Gasteiger partial charge in [-0.05, 0) is 58.0 Å². The summed E-state index contributed by atoms with van der Waals surface area (Å²) >= 11 is 0. The summed E-state index contributed by atoms with van der Waals surface area (Å²) in [5.41, 5.74) is 1.11. The zero-order valence-corrected chi connectivity index (χ0v) is 14.6. The lowest BCUT2D eigenvalue weighted by Crippen LogP contribution is -2.51. The number of carbonyl (C=O) groups excluding carboxylic acids is 1. The van der Waals surface area contributed by atoms with E-state index in [-0.39, 0.29) is 12.1 Å². The summed E-state index contributed by atoms with van der Waals surface area (Å²) in [6, 6.07) is 6.67. The lowest BCUT2D eigenvalue weighted by molar-refractivity contribution is 0.180. The molecule has 1 aromatic rings. The molecule has 0 bridgehead atoms. The van der Waals surface area contributed by atoms with E-state index < -0.39 is 0 Å². The lowest BCUT2D eigenvalue weighted by Gasteiger charge is -2.33. The smallest absolute Gasteiger partial charge is 0.315 e. The minimum Gasteiger partial charge on any atom is -0.335 e. The van der Waals surface area contributed by atoms with Crippen LogP contribution >= 0.6 is 0 Å². The second-order valence-electron chi connectivity index (χ2n) is 7.07.